The van der Waals surface area contributed by atoms with Crippen molar-refractivity contribution in [3.05, 3.63) is 64.1 Å². The quantitative estimate of drug-likeness (QED) is 0.285. The molecule has 0 bridgehead atoms. The summed E-state index contributed by atoms with van der Waals surface area (Å²) in [4.78, 5) is 61.5. The molecular weight excluding hydrogens is 623 g/mol. The van der Waals surface area contributed by atoms with Crippen LogP contribution >= 0.6 is 11.3 Å². The van der Waals surface area contributed by atoms with Crippen LogP contribution < -0.4 is 16.0 Å². The molecule has 2 aliphatic rings. The molecule has 5 rings (SSSR count). The number of aromatic nitrogens is 3. The first-order chi connectivity index (χ1) is 22.7. The van der Waals surface area contributed by atoms with Gasteiger partial charge in [-0.25, -0.2) is 9.37 Å². The van der Waals surface area contributed by atoms with Crippen molar-refractivity contribution >= 4 is 40.7 Å². The average molecular weight is 667 g/mol. The van der Waals surface area contributed by atoms with Gasteiger partial charge in [0.05, 0.1) is 11.2 Å². The topological polar surface area (TPSA) is 142 Å². The lowest BCUT2D eigenvalue weighted by Gasteiger charge is -2.36. The summed E-state index contributed by atoms with van der Waals surface area (Å²) in [5, 5.41) is 14.2. The van der Waals surface area contributed by atoms with Crippen LogP contribution in [0.3, 0.4) is 0 Å². The highest BCUT2D eigenvalue weighted by Crippen LogP contribution is 2.29. The number of benzene rings is 1. The fourth-order valence-corrected chi connectivity index (χ4v) is 6.87. The van der Waals surface area contributed by atoms with Gasteiger partial charge in [0.2, 0.25) is 11.8 Å². The number of nitrogens with one attached hydrogen (secondary N) is 3. The van der Waals surface area contributed by atoms with Gasteiger partial charge < -0.3 is 25.8 Å². The summed E-state index contributed by atoms with van der Waals surface area (Å²) in [7, 11) is 1.99. The molecule has 2 fully saturated rings. The number of amides is 4. The number of rotatable bonds is 11. The Morgan fingerprint density at radius 3 is 2.43 bits per heavy atom. The van der Waals surface area contributed by atoms with Gasteiger partial charge in [-0.1, -0.05) is 32.3 Å². The zero-order chi connectivity index (χ0) is 33.5. The standard InChI is InChI=1S/C33H43FN8O4S/c1-4-42-27(12-13-36-42)31(44)39-29(22-8-6-5-7-9-22)32(45)37-25-11-10-23(18-24(25)34)21(2)28(38-30(43)26-19-47-20-35-26)33(46)41-16-14-40(3)15-17-41/h10-13,18-22,28-29H,4-9,14-17H2,1-3H3,(H,37,45)(H,38,43)(H,39,44)/t21-,28+,29-/m0/s1. The van der Waals surface area contributed by atoms with Crippen LogP contribution in [0, 0.1) is 11.7 Å². The summed E-state index contributed by atoms with van der Waals surface area (Å²) < 4.78 is 17.3. The maximum atomic E-state index is 15.7. The molecule has 0 unspecified atom stereocenters. The highest BCUT2D eigenvalue weighted by Gasteiger charge is 2.35. The van der Waals surface area contributed by atoms with Crippen LogP contribution in [-0.2, 0) is 16.1 Å². The zero-order valence-electron chi connectivity index (χ0n) is 27.1. The van der Waals surface area contributed by atoms with Gasteiger partial charge in [0.25, 0.3) is 11.8 Å². The van der Waals surface area contributed by atoms with Crippen LogP contribution in [0.5, 0.6) is 0 Å². The van der Waals surface area contributed by atoms with E-state index >= 15 is 4.39 Å². The number of carbonyl (C=O) groups excluding carboxylic acids is 4. The summed E-state index contributed by atoms with van der Waals surface area (Å²) in [6.07, 6.45) is 6.06. The van der Waals surface area contributed by atoms with Gasteiger partial charge in [-0.2, -0.15) is 5.10 Å². The number of thiazole rings is 1. The van der Waals surface area contributed by atoms with E-state index in [2.05, 4.69) is 30.9 Å². The molecule has 3 atom stereocenters. The van der Waals surface area contributed by atoms with E-state index in [-0.39, 0.29) is 23.2 Å². The van der Waals surface area contributed by atoms with E-state index in [1.807, 2.05) is 14.0 Å². The molecule has 12 nitrogen and oxygen atoms in total. The van der Waals surface area contributed by atoms with E-state index in [9.17, 15) is 19.2 Å². The van der Waals surface area contributed by atoms with E-state index in [1.165, 1.54) is 23.5 Å². The molecule has 3 N–H and O–H groups in total. The highest BCUT2D eigenvalue weighted by molar-refractivity contribution is 7.07. The lowest BCUT2D eigenvalue weighted by molar-refractivity contribution is -0.135. The first-order valence-corrected chi connectivity index (χ1v) is 17.2. The van der Waals surface area contributed by atoms with Crippen LogP contribution in [-0.4, -0.2) is 93.5 Å². The Labute approximate surface area is 278 Å². The average Bonchev–Trinajstić information content (AvgIpc) is 3.80. The van der Waals surface area contributed by atoms with Crippen molar-refractivity contribution in [3.63, 3.8) is 0 Å². The molecule has 47 heavy (non-hydrogen) atoms. The maximum Gasteiger partial charge on any atom is 0.271 e. The first kappa shape index (κ1) is 34.2. The second-order valence-electron chi connectivity index (χ2n) is 12.4. The molecule has 1 aliphatic heterocycles. The van der Waals surface area contributed by atoms with Gasteiger partial charge in [-0.3, -0.25) is 23.9 Å². The number of aryl methyl sites for hydroxylation is 1. The fourth-order valence-electron chi connectivity index (χ4n) is 6.34. The van der Waals surface area contributed by atoms with E-state index in [1.54, 1.807) is 45.7 Å². The number of anilines is 1. The Morgan fingerprint density at radius 2 is 1.77 bits per heavy atom. The van der Waals surface area contributed by atoms with Crippen molar-refractivity contribution < 1.29 is 23.6 Å². The number of piperazine rings is 1. The maximum absolute atomic E-state index is 15.7. The Kier molecular flexibility index (Phi) is 11.4. The minimum absolute atomic E-state index is 0.0342. The van der Waals surface area contributed by atoms with Gasteiger partial charge in [-0.15, -0.1) is 11.3 Å². The van der Waals surface area contributed by atoms with Gasteiger partial charge >= 0.3 is 0 Å². The largest absolute Gasteiger partial charge is 0.339 e. The molecule has 0 radical (unpaired) electrons. The van der Waals surface area contributed by atoms with Crippen molar-refractivity contribution in [3.8, 4) is 0 Å². The summed E-state index contributed by atoms with van der Waals surface area (Å²) in [5.41, 5.74) is 2.56. The fraction of sp³-hybridized carbons (Fsp3) is 0.515. The number of likely N-dealkylation sites (N-methyl/N-ethyl adjacent to an activating group) is 1. The predicted molar refractivity (Wildman–Crippen MR) is 177 cm³/mol. The molecule has 4 amide bonds. The summed E-state index contributed by atoms with van der Waals surface area (Å²) in [6, 6.07) is 4.19. The van der Waals surface area contributed by atoms with Gasteiger partial charge in [-0.05, 0) is 56.5 Å². The van der Waals surface area contributed by atoms with Crippen molar-refractivity contribution in [1.82, 2.24) is 35.2 Å². The first-order valence-electron chi connectivity index (χ1n) is 16.3. The predicted octanol–water partition coefficient (Wildman–Crippen LogP) is 3.49. The summed E-state index contributed by atoms with van der Waals surface area (Å²) in [5.74, 6) is -2.99. The molecular formula is C33H43FN8O4S. The number of halogens is 1. The normalized spacial score (nSPS) is 17.8. The van der Waals surface area contributed by atoms with Crippen LogP contribution in [0.2, 0.25) is 0 Å². The molecule has 3 aromatic rings. The van der Waals surface area contributed by atoms with Crippen LogP contribution in [0.15, 0.2) is 41.4 Å². The van der Waals surface area contributed by atoms with Crippen LogP contribution in [0.25, 0.3) is 0 Å². The lowest BCUT2D eigenvalue weighted by atomic mass is 9.83. The van der Waals surface area contributed by atoms with Crippen LogP contribution in [0.4, 0.5) is 10.1 Å². The third-order valence-electron chi connectivity index (χ3n) is 9.25. The molecule has 3 heterocycles. The highest BCUT2D eigenvalue weighted by atomic mass is 32.1. The number of hydrogen-bond donors (Lipinski definition) is 3. The minimum atomic E-state index is -0.963. The Morgan fingerprint density at radius 1 is 1.02 bits per heavy atom. The molecule has 2 aromatic heterocycles. The zero-order valence-corrected chi connectivity index (χ0v) is 27.9. The second kappa shape index (κ2) is 15.6. The van der Waals surface area contributed by atoms with Crippen molar-refractivity contribution in [2.24, 2.45) is 5.92 Å². The SMILES string of the molecule is CCn1nccc1C(=O)N[C@H](C(=O)Nc1ccc([C@H](C)[C@@H](NC(=O)c2cscn2)C(=O)N2CCN(C)CC2)cc1F)C1CCCCC1. The van der Waals surface area contributed by atoms with Crippen LogP contribution in [0.1, 0.15) is 78.4 Å². The third-order valence-corrected chi connectivity index (χ3v) is 9.83. The third kappa shape index (κ3) is 8.22. The summed E-state index contributed by atoms with van der Waals surface area (Å²) >= 11 is 1.28. The Bertz CT molecular complexity index is 1550. The van der Waals surface area contributed by atoms with Crippen molar-refractivity contribution in [2.45, 2.75) is 70.5 Å². The number of hydrogen-bond acceptors (Lipinski definition) is 8. The van der Waals surface area contributed by atoms with Crippen molar-refractivity contribution in [1.29, 1.82) is 0 Å². The Balaban J connectivity index is 1.33. The number of carbonyl (C=O) groups is 4. The van der Waals surface area contributed by atoms with E-state index in [0.717, 1.165) is 32.1 Å². The second-order valence-corrected chi connectivity index (χ2v) is 13.1. The number of nitrogens with zero attached hydrogens (tertiary/aromatic N) is 5. The molecule has 1 saturated carbocycles. The minimum Gasteiger partial charge on any atom is -0.339 e. The molecule has 1 aliphatic carbocycles. The molecule has 14 heteroatoms. The van der Waals surface area contributed by atoms with E-state index in [4.69, 9.17) is 0 Å². The smallest absolute Gasteiger partial charge is 0.271 e. The molecule has 1 saturated heterocycles. The molecule has 252 valence electrons. The van der Waals surface area contributed by atoms with Crippen molar-refractivity contribution in [2.75, 3.05) is 38.5 Å². The van der Waals surface area contributed by atoms with E-state index < -0.39 is 41.5 Å². The molecule has 1 aromatic carbocycles. The summed E-state index contributed by atoms with van der Waals surface area (Å²) in [6.45, 7) is 6.60. The lowest BCUT2D eigenvalue weighted by Crippen LogP contribution is -2.55. The monoisotopic (exact) mass is 666 g/mol. The molecule has 0 spiro atoms. The van der Waals surface area contributed by atoms with E-state index in [0.29, 0.717) is 44.0 Å². The van der Waals surface area contributed by atoms with Gasteiger partial charge in [0.15, 0.2) is 0 Å². The van der Waals surface area contributed by atoms with Gasteiger partial charge in [0.1, 0.15) is 29.3 Å². The van der Waals surface area contributed by atoms with Gasteiger partial charge in [0, 0.05) is 50.2 Å². The Hall–Kier alpha value is -4.17.